The number of thioether (sulfide) groups is 1. The van der Waals surface area contributed by atoms with Crippen molar-refractivity contribution >= 4 is 54.1 Å². The summed E-state index contributed by atoms with van der Waals surface area (Å²) < 4.78 is 0. The molecular weight excluding hydrogens is 1690 g/mol. The standard InChI is InChI=1S/C10H14O.C10H14.C8H16.C7H17N3.C7H12N2.C7H17N.2C7H16.C6H13NO.C6H12O2.C6H14S.C6H14.C5H11NO.C5H10O2.C5H12O.C4H10O.C4H10S.C4H10/c1-8(2)7-9-3-5-10(11)6-4-9;1-9(2)8-10-6-4-3-5-7-10;1-7(2)8-5-3-4-6-8;1-6(2)4-3-5-10-7(8)9;1-6(2)3-7-4-8-5-9-7;1-7(2)5-3-4-6-8;1-6(2)5-7(3)4;1-5-7(4)6(2)3;2*1-5(2)3-4-6(7)8;1-6(2)4-5-7-3;1-5(2)6(3)4;2*1-4(2)3-5(6)7;1-4(2)5(3)6;2*1-4(2)3-5;1-4(2)3/h3-6,8,11H,7H2,1-2H3;3-7,9H,8H2,1-2H3;7-8H,3-6H2,1-2H3;6H,3-5H2,1-2H3,(H4,8,9,10);4-6H,3H2,1-2H3,(H,8,9);7H,3-6,8H2,1-2H3;2*6-7H,5H2,1-4H3;5H,3-4H2,1-2H3,(H2,7,8);5H,3-4H2,1-2H3,(H,7,8);6H,4-5H2,1-3H3;5-6H,1-4H3;4H,3H2,1-2H3,(H2,6,7);4H,3H2,1-2H3,(H,6,7);4-6H,1-3H3;2*4-5H,3H2,1-2H3;4H,1-3H3. The van der Waals surface area contributed by atoms with Crippen molar-refractivity contribution in [1.29, 1.82) is 0 Å². The summed E-state index contributed by atoms with van der Waals surface area (Å²) in [5.74, 6) is 17.1. The fraction of sp³-hybridized carbons (Fsp3) is 0.825. The van der Waals surface area contributed by atoms with Gasteiger partial charge < -0.3 is 59.2 Å². The maximum atomic E-state index is 10.1. The number of phenols is 1. The summed E-state index contributed by atoms with van der Waals surface area (Å²) in [5, 5.41) is 42.0. The summed E-state index contributed by atoms with van der Waals surface area (Å²) in [6.07, 6.45) is 28.4. The van der Waals surface area contributed by atoms with Gasteiger partial charge >= 0.3 is 11.9 Å². The van der Waals surface area contributed by atoms with E-state index in [1.807, 2.05) is 99.3 Å². The van der Waals surface area contributed by atoms with E-state index in [0.29, 0.717) is 73.0 Å². The number of aliphatic hydroxyl groups excluding tert-OH is 2. The normalized spacial score (nSPS) is 11.4. The minimum Gasteiger partial charge on any atom is -0.508 e. The van der Waals surface area contributed by atoms with Gasteiger partial charge in [0, 0.05) is 50.7 Å². The average Bonchev–Trinajstić information content (AvgIpc) is 1.63. The lowest BCUT2D eigenvalue weighted by Crippen LogP contribution is -2.22. The number of imidazole rings is 1. The highest BCUT2D eigenvalue weighted by Crippen LogP contribution is 2.30. The van der Waals surface area contributed by atoms with E-state index in [-0.39, 0.29) is 36.2 Å². The first kappa shape index (κ1) is 159. The van der Waals surface area contributed by atoms with Crippen molar-refractivity contribution in [2.24, 2.45) is 164 Å². The number of guanidine groups is 1. The fourth-order valence-corrected chi connectivity index (χ4v) is 10.1. The highest BCUT2D eigenvalue weighted by atomic mass is 32.2. The molecule has 1 saturated carbocycles. The molecule has 3 aromatic rings. The van der Waals surface area contributed by atoms with Crippen LogP contribution in [0.1, 0.15) is 437 Å². The van der Waals surface area contributed by atoms with Crippen molar-refractivity contribution in [3.05, 3.63) is 83.9 Å². The number of nitrogens with zero attached hydrogens (tertiary/aromatic N) is 2. The Hall–Kier alpha value is -4.82. The monoisotopic (exact) mass is 1930 g/mol. The van der Waals surface area contributed by atoms with E-state index in [2.05, 4.69) is 293 Å². The Morgan fingerprint density at radius 2 is 0.842 bits per heavy atom. The number of aromatic amines is 1. The molecule has 1 heterocycles. The second-order valence-electron chi connectivity index (χ2n) is 43.8. The molecule has 16 N–H and O–H groups in total. The van der Waals surface area contributed by atoms with Crippen LogP contribution in [-0.4, -0.2) is 109 Å². The van der Waals surface area contributed by atoms with Crippen LogP contribution in [0.5, 0.6) is 5.75 Å². The van der Waals surface area contributed by atoms with Crippen molar-refractivity contribution in [1.82, 2.24) is 9.97 Å². The fourth-order valence-electron chi connectivity index (χ4n) is 9.42. The van der Waals surface area contributed by atoms with Crippen LogP contribution >= 0.6 is 24.4 Å². The van der Waals surface area contributed by atoms with E-state index in [1.54, 1.807) is 25.4 Å². The summed E-state index contributed by atoms with van der Waals surface area (Å²) in [7, 11) is 0. The Morgan fingerprint density at radius 1 is 0.466 bits per heavy atom. The molecule has 1 aromatic heterocycles. The third-order valence-corrected chi connectivity index (χ3v) is 20.2. The third-order valence-electron chi connectivity index (χ3n) is 18.8. The van der Waals surface area contributed by atoms with Crippen molar-refractivity contribution < 1.29 is 44.7 Å². The van der Waals surface area contributed by atoms with Crippen LogP contribution in [0.4, 0.5) is 0 Å². The number of hydrogen-bond donors (Lipinski definition) is 12. The molecule has 19 heteroatoms. The maximum Gasteiger partial charge on any atom is 0.303 e. The predicted molar refractivity (Wildman–Crippen MR) is 603 cm³/mol. The molecule has 4 rings (SSSR count). The summed E-state index contributed by atoms with van der Waals surface area (Å²) in [5.41, 5.74) is 29.3. The molecule has 1 fully saturated rings. The maximum absolute atomic E-state index is 10.1. The van der Waals surface area contributed by atoms with Gasteiger partial charge in [0.25, 0.3) is 0 Å². The van der Waals surface area contributed by atoms with E-state index in [9.17, 15) is 19.2 Å². The van der Waals surface area contributed by atoms with Gasteiger partial charge in [-0.25, -0.2) is 4.98 Å². The quantitative estimate of drug-likeness (QED) is 0.0111. The number of primary amides is 2. The van der Waals surface area contributed by atoms with Crippen molar-refractivity contribution in [2.75, 3.05) is 37.5 Å². The highest BCUT2D eigenvalue weighted by molar-refractivity contribution is 7.98. The molecule has 0 spiro atoms. The molecule has 2 unspecified atom stereocenters. The lowest BCUT2D eigenvalue weighted by atomic mass is 9.95. The number of carbonyl (C=O) groups is 4. The largest absolute Gasteiger partial charge is 0.508 e. The van der Waals surface area contributed by atoms with Crippen molar-refractivity contribution in [2.45, 2.75) is 446 Å². The minimum absolute atomic E-state index is 0.148. The van der Waals surface area contributed by atoms with E-state index in [1.165, 1.54) is 99.6 Å². The van der Waals surface area contributed by atoms with Gasteiger partial charge in [0.15, 0.2) is 5.96 Å². The van der Waals surface area contributed by atoms with E-state index < -0.39 is 11.9 Å². The minimum atomic E-state index is -0.713. The number of nitrogens with two attached hydrogens (primary N) is 5. The first-order chi connectivity index (χ1) is 61.1. The van der Waals surface area contributed by atoms with Gasteiger partial charge in [0.1, 0.15) is 5.75 Å². The molecule has 1 aliphatic rings. The van der Waals surface area contributed by atoms with Gasteiger partial charge in [0.2, 0.25) is 11.8 Å². The van der Waals surface area contributed by atoms with Crippen molar-refractivity contribution in [3.63, 3.8) is 0 Å². The number of aromatic nitrogens is 2. The number of benzene rings is 2. The predicted octanol–water partition coefficient (Wildman–Crippen LogP) is 31.4. The Bertz CT molecular complexity index is 2640. The van der Waals surface area contributed by atoms with Crippen LogP contribution in [0.2, 0.25) is 0 Å². The van der Waals surface area contributed by atoms with E-state index in [0.717, 1.165) is 134 Å². The Kier molecular flexibility index (Phi) is 139. The molecule has 133 heavy (non-hydrogen) atoms. The van der Waals surface area contributed by atoms with Gasteiger partial charge in [-0.1, -0.05) is 385 Å². The number of amides is 2. The van der Waals surface area contributed by atoms with Crippen LogP contribution in [-0.2, 0) is 38.4 Å². The Morgan fingerprint density at radius 3 is 1.03 bits per heavy atom. The second-order valence-corrected chi connectivity index (χ2v) is 45.1. The lowest BCUT2D eigenvalue weighted by molar-refractivity contribution is -0.138. The molecule has 2 atom stereocenters. The number of hydrogen-bond acceptors (Lipinski definition) is 12. The Balaban J connectivity index is -0.0000000944. The number of carboxylic acids is 2. The second kappa shape index (κ2) is 116. The van der Waals surface area contributed by atoms with Gasteiger partial charge in [0.05, 0.1) is 12.4 Å². The first-order valence-corrected chi connectivity index (χ1v) is 54.1. The number of H-pyrrole nitrogens is 1. The molecule has 800 valence electrons. The number of phenolic OH excluding ortho intramolecular Hbond substituents is 1. The van der Waals surface area contributed by atoms with Crippen molar-refractivity contribution in [3.8, 4) is 5.75 Å². The highest BCUT2D eigenvalue weighted by Gasteiger charge is 2.17. The summed E-state index contributed by atoms with van der Waals surface area (Å²) in [4.78, 5) is 50.7. The number of aliphatic carboxylic acids is 2. The zero-order chi connectivity index (χ0) is 107. The van der Waals surface area contributed by atoms with Crippen LogP contribution in [0.15, 0.2) is 72.1 Å². The molecule has 1 aliphatic carbocycles. The topological polar surface area (TPSA) is 341 Å². The van der Waals surface area contributed by atoms with Gasteiger partial charge in [-0.15, -0.1) is 0 Å². The summed E-state index contributed by atoms with van der Waals surface area (Å²) in [6, 6.07) is 18.0. The van der Waals surface area contributed by atoms with E-state index >= 15 is 0 Å². The number of rotatable bonds is 36. The molecular formula is C114H238N8O9S2. The SMILES string of the molecule is CC(C)C.CC(C)C(C)C.CC(C)C(C)O.CC(C)C1CCCC1.CC(C)CC(=O)O.CC(C)CC(C)C.CC(C)CC(N)=O.CC(C)CCC(=O)O.CC(C)CCC(N)=O.CC(C)CCCCN.CC(C)CCCN=C(N)N.CC(C)CO.CC(C)CS.CC(C)Cc1ccc(O)cc1.CC(C)Cc1ccccc1.CC(C)Cc1cnc[nH]1.CCC(C)C(C)C.CSCCC(C)C. The zero-order valence-electron chi connectivity index (χ0n) is 96.5. The number of nitrogens with one attached hydrogen (secondary N) is 1. The molecule has 0 radical (unpaired) electrons. The van der Waals surface area contributed by atoms with Crippen LogP contribution < -0.4 is 28.7 Å². The molecule has 0 bridgehead atoms. The number of carbonyl (C=O) groups excluding carboxylic acids is 2. The van der Waals surface area contributed by atoms with Gasteiger partial charge in [-0.05, 0) is 249 Å². The smallest absolute Gasteiger partial charge is 0.303 e. The summed E-state index contributed by atoms with van der Waals surface area (Å²) in [6.45, 7) is 96.7. The molecule has 0 aliphatic heterocycles. The van der Waals surface area contributed by atoms with Crippen LogP contribution in [0.25, 0.3) is 0 Å². The van der Waals surface area contributed by atoms with Gasteiger partial charge in [-0.3, -0.25) is 24.2 Å². The first-order valence-electron chi connectivity index (χ1n) is 52.0. The lowest BCUT2D eigenvalue weighted by Gasteiger charge is -2.11. The van der Waals surface area contributed by atoms with Gasteiger partial charge in [-0.2, -0.15) is 24.4 Å². The average molecular weight is 1930 g/mol. The molecule has 17 nitrogen and oxygen atoms in total. The number of aromatic hydroxyl groups is 1. The number of unbranched alkanes of at least 4 members (excludes halogenated alkanes) is 1. The number of carboxylic acid groups (broad SMARTS) is 2. The molecule has 2 amide bonds. The summed E-state index contributed by atoms with van der Waals surface area (Å²) >= 11 is 5.95. The molecule has 2 aromatic carbocycles. The third kappa shape index (κ3) is 203. The van der Waals surface area contributed by atoms with Crippen LogP contribution in [0.3, 0.4) is 0 Å². The van der Waals surface area contributed by atoms with Crippen LogP contribution in [0, 0.1) is 130 Å². The zero-order valence-corrected chi connectivity index (χ0v) is 98.2. The molecule has 0 saturated heterocycles. The number of aliphatic hydroxyl groups is 2. The number of thiol groups is 1. The Labute approximate surface area is 840 Å². The number of aliphatic imine (C=N–C) groups is 1. The van der Waals surface area contributed by atoms with E-state index in [4.69, 9.17) is 54.2 Å².